The van der Waals surface area contributed by atoms with Crippen molar-refractivity contribution in [3.05, 3.63) is 12.2 Å². The molecular weight excluding hydrogens is 212 g/mol. The Kier molecular flexibility index (Phi) is 3.39. The Bertz CT molecular complexity index is 304. The van der Waals surface area contributed by atoms with Crippen LogP contribution in [-0.4, -0.2) is 22.4 Å². The number of rotatable bonds is 4. The molecule has 17 heavy (non-hydrogen) atoms. The van der Waals surface area contributed by atoms with Crippen LogP contribution in [0.3, 0.4) is 0 Å². The molecule has 4 atom stereocenters. The van der Waals surface area contributed by atoms with E-state index < -0.39 is 5.60 Å². The first-order valence-corrected chi connectivity index (χ1v) is 6.90. The molecule has 2 heteroatoms. The molecule has 1 aliphatic carbocycles. The van der Waals surface area contributed by atoms with Gasteiger partial charge in [0.2, 0.25) is 0 Å². The van der Waals surface area contributed by atoms with Gasteiger partial charge in [-0.25, -0.2) is 0 Å². The van der Waals surface area contributed by atoms with E-state index in [9.17, 15) is 5.11 Å². The highest BCUT2D eigenvalue weighted by molar-refractivity contribution is 5.06. The quantitative estimate of drug-likeness (QED) is 0.602. The van der Waals surface area contributed by atoms with Crippen molar-refractivity contribution in [3.8, 4) is 0 Å². The van der Waals surface area contributed by atoms with E-state index in [2.05, 4.69) is 26.8 Å². The van der Waals surface area contributed by atoms with E-state index in [-0.39, 0.29) is 5.60 Å². The lowest BCUT2D eigenvalue weighted by atomic mass is 9.78. The standard InChI is InChI=1S/C15H26O2/c1-11(5-6-13-14(2,3)17-13)12-7-9-15(4,16)10-8-12/h7,9,11-13,16H,5-6,8,10H2,1-4H3/t11-,12+,13+,15+/m0/s1. The molecule has 2 nitrogen and oxygen atoms in total. The van der Waals surface area contributed by atoms with Crippen molar-refractivity contribution in [2.24, 2.45) is 11.8 Å². The first kappa shape index (κ1) is 13.1. The molecule has 1 N–H and O–H groups in total. The summed E-state index contributed by atoms with van der Waals surface area (Å²) in [6.45, 7) is 8.55. The second kappa shape index (κ2) is 4.40. The van der Waals surface area contributed by atoms with E-state index in [0.29, 0.717) is 17.9 Å². The second-order valence-corrected chi connectivity index (χ2v) is 6.68. The Morgan fingerprint density at radius 2 is 2.06 bits per heavy atom. The van der Waals surface area contributed by atoms with Crippen molar-refractivity contribution in [2.45, 2.75) is 70.7 Å². The average molecular weight is 238 g/mol. The minimum Gasteiger partial charge on any atom is -0.386 e. The van der Waals surface area contributed by atoms with Gasteiger partial charge in [0.25, 0.3) is 0 Å². The van der Waals surface area contributed by atoms with Crippen LogP contribution in [0.5, 0.6) is 0 Å². The van der Waals surface area contributed by atoms with Crippen LogP contribution >= 0.6 is 0 Å². The Morgan fingerprint density at radius 3 is 2.53 bits per heavy atom. The summed E-state index contributed by atoms with van der Waals surface area (Å²) in [5.41, 5.74) is -0.441. The lowest BCUT2D eigenvalue weighted by Gasteiger charge is -2.30. The molecule has 0 saturated carbocycles. The third-order valence-electron chi connectivity index (χ3n) is 4.47. The topological polar surface area (TPSA) is 32.8 Å². The van der Waals surface area contributed by atoms with E-state index >= 15 is 0 Å². The maximum absolute atomic E-state index is 9.86. The number of hydrogen-bond acceptors (Lipinski definition) is 2. The van der Waals surface area contributed by atoms with Crippen LogP contribution in [0, 0.1) is 11.8 Å². The summed E-state index contributed by atoms with van der Waals surface area (Å²) < 4.78 is 5.62. The Labute approximate surface area is 105 Å². The summed E-state index contributed by atoms with van der Waals surface area (Å²) in [5.74, 6) is 1.33. The van der Waals surface area contributed by atoms with E-state index in [1.807, 2.05) is 13.0 Å². The van der Waals surface area contributed by atoms with Gasteiger partial charge in [-0.15, -0.1) is 0 Å². The van der Waals surface area contributed by atoms with Crippen molar-refractivity contribution >= 4 is 0 Å². The Balaban J connectivity index is 1.76. The van der Waals surface area contributed by atoms with Crippen LogP contribution in [0.4, 0.5) is 0 Å². The fourth-order valence-electron chi connectivity index (χ4n) is 2.81. The predicted molar refractivity (Wildman–Crippen MR) is 69.8 cm³/mol. The summed E-state index contributed by atoms with van der Waals surface area (Å²) in [6, 6.07) is 0. The van der Waals surface area contributed by atoms with Crippen molar-refractivity contribution in [3.63, 3.8) is 0 Å². The summed E-state index contributed by atoms with van der Waals surface area (Å²) in [4.78, 5) is 0. The second-order valence-electron chi connectivity index (χ2n) is 6.68. The monoisotopic (exact) mass is 238 g/mol. The molecular formula is C15H26O2. The molecule has 1 fully saturated rings. The van der Waals surface area contributed by atoms with Gasteiger partial charge in [-0.05, 0) is 58.3 Å². The zero-order chi connectivity index (χ0) is 12.7. The van der Waals surface area contributed by atoms with Gasteiger partial charge >= 0.3 is 0 Å². The van der Waals surface area contributed by atoms with E-state index in [1.54, 1.807) is 0 Å². The van der Waals surface area contributed by atoms with Gasteiger partial charge in [0.1, 0.15) is 0 Å². The lowest BCUT2D eigenvalue weighted by molar-refractivity contribution is 0.0830. The summed E-state index contributed by atoms with van der Waals surface area (Å²) in [6.07, 6.45) is 9.08. The first-order valence-electron chi connectivity index (χ1n) is 6.90. The zero-order valence-electron chi connectivity index (χ0n) is 11.6. The minimum atomic E-state index is -0.572. The largest absolute Gasteiger partial charge is 0.386 e. The molecule has 0 aromatic heterocycles. The maximum Gasteiger partial charge on any atom is 0.0892 e. The lowest BCUT2D eigenvalue weighted by Crippen LogP contribution is -2.27. The van der Waals surface area contributed by atoms with Gasteiger partial charge in [-0.1, -0.05) is 19.1 Å². The molecule has 2 rings (SSSR count). The molecule has 98 valence electrons. The van der Waals surface area contributed by atoms with Gasteiger partial charge in [0, 0.05) is 0 Å². The van der Waals surface area contributed by atoms with Crippen LogP contribution in [0.15, 0.2) is 12.2 Å². The van der Waals surface area contributed by atoms with Crippen molar-refractivity contribution in [1.82, 2.24) is 0 Å². The molecule has 2 aliphatic rings. The van der Waals surface area contributed by atoms with Crippen molar-refractivity contribution in [1.29, 1.82) is 0 Å². The van der Waals surface area contributed by atoms with Crippen LogP contribution in [0.2, 0.25) is 0 Å². The van der Waals surface area contributed by atoms with Crippen molar-refractivity contribution < 1.29 is 9.84 Å². The molecule has 0 aromatic rings. The number of aliphatic hydroxyl groups is 1. The van der Waals surface area contributed by atoms with Crippen LogP contribution in [0.25, 0.3) is 0 Å². The van der Waals surface area contributed by atoms with E-state index in [1.165, 1.54) is 12.8 Å². The third-order valence-corrected chi connectivity index (χ3v) is 4.47. The van der Waals surface area contributed by atoms with E-state index in [4.69, 9.17) is 4.74 Å². The van der Waals surface area contributed by atoms with Gasteiger partial charge in [-0.3, -0.25) is 0 Å². The van der Waals surface area contributed by atoms with Gasteiger partial charge in [0.05, 0.1) is 17.3 Å². The average Bonchev–Trinajstić information content (AvgIpc) is 2.83. The van der Waals surface area contributed by atoms with Crippen LogP contribution in [0.1, 0.15) is 53.4 Å². The molecule has 0 radical (unpaired) electrons. The molecule has 0 aromatic carbocycles. The third kappa shape index (κ3) is 3.32. The molecule has 0 bridgehead atoms. The Hall–Kier alpha value is -0.340. The fourth-order valence-corrected chi connectivity index (χ4v) is 2.81. The first-order chi connectivity index (χ1) is 7.80. The summed E-state index contributed by atoms with van der Waals surface area (Å²) >= 11 is 0. The molecule has 1 aliphatic heterocycles. The Morgan fingerprint density at radius 1 is 1.41 bits per heavy atom. The summed E-state index contributed by atoms with van der Waals surface area (Å²) in [7, 11) is 0. The van der Waals surface area contributed by atoms with Crippen LogP contribution in [-0.2, 0) is 4.74 Å². The SMILES string of the molecule is C[C@@H](CC[C@H]1OC1(C)C)[C@@H]1C=C[C@@](C)(O)CC1. The summed E-state index contributed by atoms with van der Waals surface area (Å²) in [5, 5.41) is 9.86. The highest BCUT2D eigenvalue weighted by Crippen LogP contribution is 2.40. The van der Waals surface area contributed by atoms with Crippen molar-refractivity contribution in [2.75, 3.05) is 0 Å². The molecule has 1 saturated heterocycles. The fraction of sp³-hybridized carbons (Fsp3) is 0.867. The normalized spacial score (nSPS) is 41.2. The minimum absolute atomic E-state index is 0.131. The maximum atomic E-state index is 9.86. The molecule has 1 heterocycles. The highest BCUT2D eigenvalue weighted by atomic mass is 16.6. The number of hydrogen-bond donors (Lipinski definition) is 1. The van der Waals surface area contributed by atoms with Crippen LogP contribution < -0.4 is 0 Å². The smallest absolute Gasteiger partial charge is 0.0892 e. The molecule has 0 spiro atoms. The highest BCUT2D eigenvalue weighted by Gasteiger charge is 2.47. The number of allylic oxidation sites excluding steroid dienone is 1. The number of ether oxygens (including phenoxy) is 1. The van der Waals surface area contributed by atoms with E-state index in [0.717, 1.165) is 12.8 Å². The predicted octanol–water partition coefficient (Wildman–Crippen LogP) is 3.30. The van der Waals surface area contributed by atoms with Gasteiger partial charge < -0.3 is 9.84 Å². The van der Waals surface area contributed by atoms with Gasteiger partial charge in [-0.2, -0.15) is 0 Å². The molecule has 0 unspecified atom stereocenters. The number of epoxide rings is 1. The zero-order valence-corrected chi connectivity index (χ0v) is 11.6. The molecule has 0 amide bonds. The van der Waals surface area contributed by atoms with Gasteiger partial charge in [0.15, 0.2) is 0 Å².